The van der Waals surface area contributed by atoms with Crippen LogP contribution in [-0.2, 0) is 11.2 Å². The fraction of sp³-hybridized carbons (Fsp3) is 0.481. The van der Waals surface area contributed by atoms with Crippen molar-refractivity contribution in [3.8, 4) is 0 Å². The average Bonchev–Trinajstić information content (AvgIpc) is 2.83. The lowest BCUT2D eigenvalue weighted by atomic mass is 10.0. The number of anilines is 1. The van der Waals surface area contributed by atoms with Crippen LogP contribution in [-0.4, -0.2) is 38.1 Å². The molecule has 2 aromatic carbocycles. The molecule has 0 radical (unpaired) electrons. The van der Waals surface area contributed by atoms with Gasteiger partial charge in [0, 0.05) is 30.3 Å². The first kappa shape index (κ1) is 25.1. The Kier molecular flexibility index (Phi) is 10.1. The summed E-state index contributed by atoms with van der Waals surface area (Å²) in [5.74, 6) is -0.422. The minimum Gasteiger partial charge on any atom is -0.462 e. The molecule has 33 heavy (non-hydrogen) atoms. The number of nitrogens with zero attached hydrogens (tertiary/aromatic N) is 1. The van der Waals surface area contributed by atoms with Gasteiger partial charge in [0.2, 0.25) is 0 Å². The third kappa shape index (κ3) is 7.78. The van der Waals surface area contributed by atoms with Crippen molar-refractivity contribution in [3.05, 3.63) is 64.2 Å². The molecule has 178 valence electrons. The van der Waals surface area contributed by atoms with E-state index in [0.717, 1.165) is 37.2 Å². The second-order valence-corrected chi connectivity index (χ2v) is 8.98. The number of benzene rings is 2. The number of ether oxygens (including phenoxy) is 1. The van der Waals surface area contributed by atoms with Crippen LogP contribution >= 0.6 is 11.6 Å². The van der Waals surface area contributed by atoms with E-state index >= 15 is 0 Å². The lowest BCUT2D eigenvalue weighted by Crippen LogP contribution is -2.31. The van der Waals surface area contributed by atoms with E-state index in [0.29, 0.717) is 35.7 Å². The number of halogens is 1. The Morgan fingerprint density at radius 2 is 1.58 bits per heavy atom. The first-order valence-electron chi connectivity index (χ1n) is 12.2. The van der Waals surface area contributed by atoms with Gasteiger partial charge in [0.15, 0.2) is 0 Å². The average molecular weight is 471 g/mol. The van der Waals surface area contributed by atoms with E-state index in [-0.39, 0.29) is 11.9 Å². The molecule has 0 unspecified atom stereocenters. The van der Waals surface area contributed by atoms with Crippen molar-refractivity contribution >= 4 is 29.2 Å². The van der Waals surface area contributed by atoms with Crippen LogP contribution < -0.4 is 10.2 Å². The Hall–Kier alpha value is -2.53. The van der Waals surface area contributed by atoms with Gasteiger partial charge < -0.3 is 15.0 Å². The lowest BCUT2D eigenvalue weighted by molar-refractivity contribution is 0.0526. The minimum absolute atomic E-state index is 0.104. The highest BCUT2D eigenvalue weighted by Crippen LogP contribution is 2.26. The third-order valence-electron chi connectivity index (χ3n) is 6.06. The quantitative estimate of drug-likeness (QED) is 0.501. The first-order chi connectivity index (χ1) is 16.1. The largest absolute Gasteiger partial charge is 0.462 e. The van der Waals surface area contributed by atoms with Gasteiger partial charge in [0.1, 0.15) is 0 Å². The molecule has 6 heteroatoms. The van der Waals surface area contributed by atoms with E-state index in [2.05, 4.69) is 10.2 Å². The number of amides is 1. The van der Waals surface area contributed by atoms with Crippen molar-refractivity contribution < 1.29 is 14.3 Å². The molecule has 1 N–H and O–H groups in total. The number of nitrogens with one attached hydrogen (secondary N) is 1. The Morgan fingerprint density at radius 1 is 0.939 bits per heavy atom. The number of hydrogen-bond donors (Lipinski definition) is 1. The third-order valence-corrected chi connectivity index (χ3v) is 6.30. The highest BCUT2D eigenvalue weighted by Gasteiger charge is 2.18. The van der Waals surface area contributed by atoms with Crippen molar-refractivity contribution in [3.63, 3.8) is 0 Å². The molecular formula is C27H35ClN2O3. The van der Waals surface area contributed by atoms with Crippen molar-refractivity contribution in [1.29, 1.82) is 0 Å². The SMILES string of the molecule is CCOC(=O)c1ccc(CCNC(=O)c2cc(Cl)ccc2N2CCCCCCCCC2)cc1. The van der Waals surface area contributed by atoms with Crippen LogP contribution in [0.25, 0.3) is 0 Å². The van der Waals surface area contributed by atoms with E-state index in [1.54, 1.807) is 25.1 Å². The van der Waals surface area contributed by atoms with Crippen LogP contribution in [0.4, 0.5) is 5.69 Å². The summed E-state index contributed by atoms with van der Waals surface area (Å²) in [5.41, 5.74) is 3.19. The van der Waals surface area contributed by atoms with E-state index in [4.69, 9.17) is 16.3 Å². The highest BCUT2D eigenvalue weighted by atomic mass is 35.5. The van der Waals surface area contributed by atoms with Gasteiger partial charge in [-0.1, -0.05) is 55.8 Å². The zero-order valence-corrected chi connectivity index (χ0v) is 20.3. The fourth-order valence-corrected chi connectivity index (χ4v) is 4.42. The lowest BCUT2D eigenvalue weighted by Gasteiger charge is -2.28. The van der Waals surface area contributed by atoms with Crippen LogP contribution in [0.5, 0.6) is 0 Å². The topological polar surface area (TPSA) is 58.6 Å². The Bertz CT molecular complexity index is 904. The summed E-state index contributed by atoms with van der Waals surface area (Å²) in [6.07, 6.45) is 9.36. The zero-order valence-electron chi connectivity index (χ0n) is 19.6. The molecule has 1 fully saturated rings. The second kappa shape index (κ2) is 13.2. The molecule has 1 heterocycles. The number of carbonyl (C=O) groups is 2. The van der Waals surface area contributed by atoms with Gasteiger partial charge in [0.05, 0.1) is 17.7 Å². The standard InChI is InChI=1S/C27H35ClN2O3/c1-2-33-27(32)22-12-10-21(11-13-22)16-17-29-26(31)24-20-23(28)14-15-25(24)30-18-8-6-4-3-5-7-9-19-30/h10-15,20H,2-9,16-19H2,1H3,(H,29,31). The Morgan fingerprint density at radius 3 is 2.21 bits per heavy atom. The Balaban J connectivity index is 1.62. The van der Waals surface area contributed by atoms with E-state index in [1.165, 1.54) is 32.1 Å². The normalized spacial score (nSPS) is 15.0. The van der Waals surface area contributed by atoms with Crippen molar-refractivity contribution in [2.45, 2.75) is 58.3 Å². The molecule has 0 bridgehead atoms. The summed E-state index contributed by atoms with van der Waals surface area (Å²) in [6.45, 7) is 4.58. The molecule has 0 atom stereocenters. The maximum atomic E-state index is 13.1. The first-order valence-corrected chi connectivity index (χ1v) is 12.5. The van der Waals surface area contributed by atoms with Crippen molar-refractivity contribution in [2.75, 3.05) is 31.1 Å². The zero-order chi connectivity index (χ0) is 23.5. The molecule has 5 nitrogen and oxygen atoms in total. The summed E-state index contributed by atoms with van der Waals surface area (Å²) >= 11 is 6.26. The van der Waals surface area contributed by atoms with Crippen LogP contribution in [0, 0.1) is 0 Å². The summed E-state index contributed by atoms with van der Waals surface area (Å²) in [5, 5.41) is 3.62. The van der Waals surface area contributed by atoms with Crippen molar-refractivity contribution in [2.24, 2.45) is 0 Å². The summed E-state index contributed by atoms with van der Waals surface area (Å²) in [4.78, 5) is 27.2. The predicted octanol–water partition coefficient (Wildman–Crippen LogP) is 6.04. The molecule has 1 amide bonds. The minimum atomic E-state index is -0.318. The van der Waals surface area contributed by atoms with Gasteiger partial charge >= 0.3 is 5.97 Å². The number of carbonyl (C=O) groups excluding carboxylic acids is 2. The maximum absolute atomic E-state index is 13.1. The predicted molar refractivity (Wildman–Crippen MR) is 134 cm³/mol. The van der Waals surface area contributed by atoms with Gasteiger partial charge in [-0.05, 0) is 62.1 Å². The maximum Gasteiger partial charge on any atom is 0.338 e. The summed E-state index contributed by atoms with van der Waals surface area (Å²) in [6, 6.07) is 13.0. The fourth-order valence-electron chi connectivity index (χ4n) is 4.25. The van der Waals surface area contributed by atoms with Gasteiger partial charge in [-0.15, -0.1) is 0 Å². The number of rotatable bonds is 7. The highest BCUT2D eigenvalue weighted by molar-refractivity contribution is 6.31. The second-order valence-electron chi connectivity index (χ2n) is 8.55. The Labute approximate surface area is 202 Å². The summed E-state index contributed by atoms with van der Waals surface area (Å²) < 4.78 is 5.02. The van der Waals surface area contributed by atoms with Crippen LogP contribution in [0.2, 0.25) is 5.02 Å². The molecule has 0 spiro atoms. The molecular weight excluding hydrogens is 436 g/mol. The van der Waals surface area contributed by atoms with Gasteiger partial charge in [-0.3, -0.25) is 4.79 Å². The monoisotopic (exact) mass is 470 g/mol. The molecule has 1 saturated heterocycles. The smallest absolute Gasteiger partial charge is 0.338 e. The van der Waals surface area contributed by atoms with Gasteiger partial charge in [-0.25, -0.2) is 4.79 Å². The molecule has 1 aliphatic rings. The van der Waals surface area contributed by atoms with Crippen LogP contribution in [0.15, 0.2) is 42.5 Å². The van der Waals surface area contributed by atoms with Crippen LogP contribution in [0.1, 0.15) is 78.1 Å². The number of hydrogen-bond acceptors (Lipinski definition) is 4. The number of esters is 1. The van der Waals surface area contributed by atoms with E-state index in [9.17, 15) is 9.59 Å². The molecule has 0 aromatic heterocycles. The molecule has 2 aromatic rings. The molecule has 3 rings (SSSR count). The molecule has 0 aliphatic carbocycles. The van der Waals surface area contributed by atoms with Crippen molar-refractivity contribution in [1.82, 2.24) is 5.32 Å². The van der Waals surface area contributed by atoms with E-state index in [1.807, 2.05) is 24.3 Å². The summed E-state index contributed by atoms with van der Waals surface area (Å²) in [7, 11) is 0. The van der Waals surface area contributed by atoms with Gasteiger partial charge in [0.25, 0.3) is 5.91 Å². The van der Waals surface area contributed by atoms with Gasteiger partial charge in [-0.2, -0.15) is 0 Å². The molecule has 0 saturated carbocycles. The van der Waals surface area contributed by atoms with E-state index < -0.39 is 0 Å². The van der Waals surface area contributed by atoms with Crippen LogP contribution in [0.3, 0.4) is 0 Å². The molecule has 1 aliphatic heterocycles.